The van der Waals surface area contributed by atoms with Crippen LogP contribution in [0.25, 0.3) is 5.65 Å². The van der Waals surface area contributed by atoms with Crippen molar-refractivity contribution in [2.24, 2.45) is 0 Å². The molecular weight excluding hydrogens is 388 g/mol. The fourth-order valence-corrected chi connectivity index (χ4v) is 2.71. The molecule has 0 atom stereocenters. The molecule has 3 aromatic rings. The molecule has 25 heavy (non-hydrogen) atoms. The first kappa shape index (κ1) is 17.3. The highest BCUT2D eigenvalue weighted by Crippen LogP contribution is 2.11. The van der Waals surface area contributed by atoms with Crippen LogP contribution in [0.15, 0.2) is 57.9 Å². The molecule has 0 aliphatic carbocycles. The van der Waals surface area contributed by atoms with E-state index >= 15 is 0 Å². The van der Waals surface area contributed by atoms with Crippen molar-refractivity contribution in [1.82, 2.24) is 9.38 Å². The van der Waals surface area contributed by atoms with Crippen LogP contribution in [0.2, 0.25) is 0 Å². The minimum Gasteiger partial charge on any atom is -0.456 e. The highest BCUT2D eigenvalue weighted by atomic mass is 79.9. The van der Waals surface area contributed by atoms with E-state index in [1.54, 1.807) is 43.6 Å². The van der Waals surface area contributed by atoms with E-state index in [2.05, 4.69) is 20.9 Å². The summed E-state index contributed by atoms with van der Waals surface area (Å²) in [6.45, 7) is 0.342. The van der Waals surface area contributed by atoms with Crippen LogP contribution in [0.3, 0.4) is 0 Å². The lowest BCUT2D eigenvalue weighted by Crippen LogP contribution is -2.16. The van der Waals surface area contributed by atoms with Crippen molar-refractivity contribution in [2.75, 3.05) is 7.11 Å². The third-order valence-corrected chi connectivity index (χ3v) is 3.97. The summed E-state index contributed by atoms with van der Waals surface area (Å²) in [5.74, 6) is -0.476. The number of carbonyl (C=O) groups is 1. The summed E-state index contributed by atoms with van der Waals surface area (Å²) in [6, 6.07) is 11.9. The number of halogens is 1. The number of nitrogens with zero attached hydrogens (tertiary/aromatic N) is 2. The highest BCUT2D eigenvalue weighted by Gasteiger charge is 2.10. The molecule has 128 valence electrons. The second kappa shape index (κ2) is 7.58. The minimum atomic E-state index is -0.476. The lowest BCUT2D eigenvalue weighted by molar-refractivity contribution is 0.0467. The number of esters is 1. The van der Waals surface area contributed by atoms with Crippen LogP contribution in [0.4, 0.5) is 0 Å². The Hall–Kier alpha value is -2.51. The lowest BCUT2D eigenvalue weighted by Gasteiger charge is -2.07. The maximum atomic E-state index is 12.2. The van der Waals surface area contributed by atoms with Gasteiger partial charge in [-0.25, -0.2) is 9.78 Å². The van der Waals surface area contributed by atoms with Gasteiger partial charge in [0, 0.05) is 23.8 Å². The Bertz CT molecular complexity index is 984. The van der Waals surface area contributed by atoms with Crippen LogP contribution >= 0.6 is 15.9 Å². The molecule has 0 fully saturated rings. The van der Waals surface area contributed by atoms with Gasteiger partial charge in [0.15, 0.2) is 0 Å². The molecule has 0 saturated carbocycles. The number of hydrogen-bond donors (Lipinski definition) is 0. The van der Waals surface area contributed by atoms with Crippen molar-refractivity contribution in [2.45, 2.75) is 13.2 Å². The number of carbonyl (C=O) groups excluding carboxylic acids is 1. The van der Waals surface area contributed by atoms with E-state index in [1.807, 2.05) is 6.07 Å². The van der Waals surface area contributed by atoms with Gasteiger partial charge in [0.25, 0.3) is 5.56 Å². The van der Waals surface area contributed by atoms with Gasteiger partial charge in [-0.2, -0.15) is 0 Å². The third-order valence-electron chi connectivity index (χ3n) is 3.50. The van der Waals surface area contributed by atoms with Gasteiger partial charge in [0.1, 0.15) is 12.3 Å². The zero-order valence-electron chi connectivity index (χ0n) is 13.4. The van der Waals surface area contributed by atoms with Crippen molar-refractivity contribution < 1.29 is 14.3 Å². The van der Waals surface area contributed by atoms with Crippen molar-refractivity contribution in [1.29, 1.82) is 0 Å². The van der Waals surface area contributed by atoms with Gasteiger partial charge in [-0.15, -0.1) is 0 Å². The monoisotopic (exact) mass is 402 g/mol. The molecule has 0 unspecified atom stereocenters. The first-order valence-corrected chi connectivity index (χ1v) is 8.29. The zero-order chi connectivity index (χ0) is 17.8. The number of aromatic nitrogens is 2. The molecule has 0 radical (unpaired) electrons. The summed E-state index contributed by atoms with van der Waals surface area (Å²) in [5, 5.41) is 0. The van der Waals surface area contributed by atoms with Crippen LogP contribution in [-0.4, -0.2) is 22.5 Å². The van der Waals surface area contributed by atoms with Crippen LogP contribution in [-0.2, 0) is 22.7 Å². The average molecular weight is 403 g/mol. The molecular formula is C18H15BrN2O4. The number of rotatable bonds is 5. The summed E-state index contributed by atoms with van der Waals surface area (Å²) < 4.78 is 12.5. The van der Waals surface area contributed by atoms with Gasteiger partial charge in [-0.05, 0) is 45.8 Å². The SMILES string of the molecule is COCc1cccc(C(=O)OCc2cc(=O)n3cc(Br)ccc3n2)c1. The normalized spacial score (nSPS) is 10.8. The third kappa shape index (κ3) is 4.12. The smallest absolute Gasteiger partial charge is 0.338 e. The van der Waals surface area contributed by atoms with Crippen molar-refractivity contribution in [3.63, 3.8) is 0 Å². The van der Waals surface area contributed by atoms with E-state index in [9.17, 15) is 9.59 Å². The summed E-state index contributed by atoms with van der Waals surface area (Å²) in [7, 11) is 1.59. The second-order valence-corrected chi connectivity index (χ2v) is 6.29. The Kier molecular flexibility index (Phi) is 5.25. The number of ether oxygens (including phenoxy) is 2. The molecule has 0 spiro atoms. The summed E-state index contributed by atoms with van der Waals surface area (Å²) in [6.07, 6.45) is 1.64. The van der Waals surface area contributed by atoms with Gasteiger partial charge in [-0.1, -0.05) is 12.1 Å². The fraction of sp³-hybridized carbons (Fsp3) is 0.167. The van der Waals surface area contributed by atoms with Crippen LogP contribution < -0.4 is 5.56 Å². The molecule has 2 heterocycles. The van der Waals surface area contributed by atoms with Gasteiger partial charge >= 0.3 is 5.97 Å². The highest BCUT2D eigenvalue weighted by molar-refractivity contribution is 9.10. The first-order valence-electron chi connectivity index (χ1n) is 7.49. The molecule has 0 saturated heterocycles. The predicted molar refractivity (Wildman–Crippen MR) is 95.4 cm³/mol. The van der Waals surface area contributed by atoms with E-state index in [1.165, 1.54) is 10.5 Å². The maximum Gasteiger partial charge on any atom is 0.338 e. The number of pyridine rings is 1. The largest absolute Gasteiger partial charge is 0.456 e. The van der Waals surface area contributed by atoms with Gasteiger partial charge in [0.05, 0.1) is 17.9 Å². The molecule has 1 aromatic carbocycles. The Morgan fingerprint density at radius 1 is 1.20 bits per heavy atom. The molecule has 0 N–H and O–H groups in total. The number of benzene rings is 1. The lowest BCUT2D eigenvalue weighted by atomic mass is 10.1. The molecule has 0 aliphatic rings. The Morgan fingerprint density at radius 2 is 2.04 bits per heavy atom. The van der Waals surface area contributed by atoms with Gasteiger partial charge in [0.2, 0.25) is 0 Å². The molecule has 0 bridgehead atoms. The minimum absolute atomic E-state index is 0.0743. The quantitative estimate of drug-likeness (QED) is 0.613. The van der Waals surface area contributed by atoms with E-state index in [-0.39, 0.29) is 12.2 Å². The van der Waals surface area contributed by atoms with Gasteiger partial charge in [-0.3, -0.25) is 9.20 Å². The summed E-state index contributed by atoms with van der Waals surface area (Å²) in [5.41, 5.74) is 1.96. The van der Waals surface area contributed by atoms with E-state index in [4.69, 9.17) is 9.47 Å². The molecule has 7 heteroatoms. The number of methoxy groups -OCH3 is 1. The van der Waals surface area contributed by atoms with Crippen LogP contribution in [0.5, 0.6) is 0 Å². The van der Waals surface area contributed by atoms with E-state index < -0.39 is 5.97 Å². The Balaban J connectivity index is 1.76. The average Bonchev–Trinajstić information content (AvgIpc) is 2.61. The van der Waals surface area contributed by atoms with E-state index in [0.29, 0.717) is 23.5 Å². The van der Waals surface area contributed by atoms with Crippen molar-refractivity contribution in [3.05, 3.63) is 80.3 Å². The number of hydrogen-bond acceptors (Lipinski definition) is 5. The fourth-order valence-electron chi connectivity index (χ4n) is 2.38. The van der Waals surface area contributed by atoms with E-state index in [0.717, 1.165) is 10.0 Å². The first-order chi connectivity index (χ1) is 12.1. The predicted octanol–water partition coefficient (Wildman–Crippen LogP) is 2.96. The molecule has 2 aromatic heterocycles. The maximum absolute atomic E-state index is 12.2. The number of fused-ring (bicyclic) bond motifs is 1. The van der Waals surface area contributed by atoms with Crippen molar-refractivity contribution >= 4 is 27.5 Å². The molecule has 0 aliphatic heterocycles. The Labute approximate surface area is 152 Å². The summed E-state index contributed by atoms with van der Waals surface area (Å²) >= 11 is 3.31. The zero-order valence-corrected chi connectivity index (χ0v) is 15.0. The molecule has 3 rings (SSSR count). The summed E-state index contributed by atoms with van der Waals surface area (Å²) in [4.78, 5) is 28.7. The standard InChI is InChI=1S/C18H15BrN2O4/c1-24-10-12-3-2-4-13(7-12)18(23)25-11-15-8-17(22)21-9-14(19)5-6-16(21)20-15/h2-9H,10-11H2,1H3. The molecule has 0 amide bonds. The molecule has 6 nitrogen and oxygen atoms in total. The second-order valence-electron chi connectivity index (χ2n) is 5.37. The Morgan fingerprint density at radius 3 is 2.84 bits per heavy atom. The van der Waals surface area contributed by atoms with Crippen molar-refractivity contribution in [3.8, 4) is 0 Å². The van der Waals surface area contributed by atoms with Crippen LogP contribution in [0, 0.1) is 0 Å². The van der Waals surface area contributed by atoms with Gasteiger partial charge < -0.3 is 9.47 Å². The van der Waals surface area contributed by atoms with Crippen LogP contribution in [0.1, 0.15) is 21.6 Å². The topological polar surface area (TPSA) is 69.9 Å².